The van der Waals surface area contributed by atoms with Crippen molar-refractivity contribution >= 4 is 39.8 Å². The molecule has 0 radical (unpaired) electrons. The lowest BCUT2D eigenvalue weighted by Crippen LogP contribution is -2.41. The fourth-order valence-electron chi connectivity index (χ4n) is 4.07. The van der Waals surface area contributed by atoms with Crippen LogP contribution >= 0.6 is 11.6 Å². The summed E-state index contributed by atoms with van der Waals surface area (Å²) >= 11 is 6.27. The maximum atomic E-state index is 12.9. The summed E-state index contributed by atoms with van der Waals surface area (Å²) in [6, 6.07) is 21.3. The number of aromatic amines is 1. The molecule has 0 fully saturated rings. The zero-order valence-electron chi connectivity index (χ0n) is 19.7. The number of hydrogen-bond acceptors (Lipinski definition) is 4. The number of para-hydroxylation sites is 1. The van der Waals surface area contributed by atoms with Crippen molar-refractivity contribution in [2.24, 2.45) is 0 Å². The van der Waals surface area contributed by atoms with Crippen LogP contribution in [-0.2, 0) is 0 Å². The highest BCUT2D eigenvalue weighted by atomic mass is 35.5. The molecule has 0 bridgehead atoms. The van der Waals surface area contributed by atoms with Gasteiger partial charge in [0.2, 0.25) is 0 Å². The number of H-pyrrole nitrogens is 1. The fraction of sp³-hybridized carbons (Fsp3) is 0.259. The number of nitrogens with zero attached hydrogens (tertiary/aromatic N) is 2. The molecule has 1 aromatic heterocycles. The number of carbonyl (C=O) groups excluding carboxylic acids is 1. The molecule has 3 aromatic carbocycles. The molecule has 0 aliphatic heterocycles. The average Bonchev–Trinajstić information content (AvgIpc) is 3.27. The SMILES string of the molecule is CCN(CC)CC(C)NC(=O)c1cccc(-c2n[nH]c3cc(Nc4ccccc4Cl)ccc23)c1. The van der Waals surface area contributed by atoms with Gasteiger partial charge < -0.3 is 15.5 Å². The number of fused-ring (bicyclic) bond motifs is 1. The molecule has 0 aliphatic carbocycles. The predicted molar refractivity (Wildman–Crippen MR) is 141 cm³/mol. The van der Waals surface area contributed by atoms with E-state index in [1.807, 2.05) is 73.7 Å². The number of anilines is 2. The minimum Gasteiger partial charge on any atom is -0.354 e. The summed E-state index contributed by atoms with van der Waals surface area (Å²) in [6.45, 7) is 9.06. The van der Waals surface area contributed by atoms with E-state index >= 15 is 0 Å². The lowest BCUT2D eigenvalue weighted by atomic mass is 10.0. The molecule has 4 aromatic rings. The van der Waals surface area contributed by atoms with Crippen molar-refractivity contribution in [2.45, 2.75) is 26.8 Å². The number of likely N-dealkylation sites (N-methyl/N-ethyl adjacent to an activating group) is 1. The summed E-state index contributed by atoms with van der Waals surface area (Å²) in [5.41, 5.74) is 4.97. The second-order valence-corrected chi connectivity index (χ2v) is 8.79. The van der Waals surface area contributed by atoms with Gasteiger partial charge in [0.1, 0.15) is 0 Å². The quantitative estimate of drug-likeness (QED) is 0.274. The minimum atomic E-state index is -0.0763. The summed E-state index contributed by atoms with van der Waals surface area (Å²) in [6.07, 6.45) is 0. The molecule has 1 amide bonds. The fourth-order valence-corrected chi connectivity index (χ4v) is 4.25. The maximum Gasteiger partial charge on any atom is 0.251 e. The Morgan fingerprint density at radius 2 is 1.85 bits per heavy atom. The lowest BCUT2D eigenvalue weighted by Gasteiger charge is -2.23. The van der Waals surface area contributed by atoms with Gasteiger partial charge in [-0.15, -0.1) is 0 Å². The minimum absolute atomic E-state index is 0.0614. The first-order valence-corrected chi connectivity index (χ1v) is 12.0. The Hall–Kier alpha value is -3.35. The van der Waals surface area contributed by atoms with Gasteiger partial charge in [-0.25, -0.2) is 0 Å². The van der Waals surface area contributed by atoms with E-state index in [4.69, 9.17) is 11.6 Å². The number of aromatic nitrogens is 2. The summed E-state index contributed by atoms with van der Waals surface area (Å²) in [5, 5.41) is 15.7. The molecule has 0 saturated heterocycles. The molecule has 0 aliphatic rings. The first-order valence-electron chi connectivity index (χ1n) is 11.6. The second kappa shape index (κ2) is 10.7. The molecule has 4 rings (SSSR count). The highest BCUT2D eigenvalue weighted by molar-refractivity contribution is 6.33. The normalized spacial score (nSPS) is 12.1. The number of hydrogen-bond donors (Lipinski definition) is 3. The first-order chi connectivity index (χ1) is 16.5. The first kappa shape index (κ1) is 23.8. The van der Waals surface area contributed by atoms with E-state index in [1.54, 1.807) is 0 Å². The van der Waals surface area contributed by atoms with Crippen molar-refractivity contribution in [1.29, 1.82) is 0 Å². The third kappa shape index (κ3) is 5.41. The molecule has 34 heavy (non-hydrogen) atoms. The summed E-state index contributed by atoms with van der Waals surface area (Å²) in [4.78, 5) is 15.2. The summed E-state index contributed by atoms with van der Waals surface area (Å²) in [5.74, 6) is -0.0763. The molecule has 1 heterocycles. The van der Waals surface area contributed by atoms with E-state index in [-0.39, 0.29) is 11.9 Å². The third-order valence-corrected chi connectivity index (χ3v) is 6.25. The van der Waals surface area contributed by atoms with Crippen molar-refractivity contribution in [3.8, 4) is 11.3 Å². The van der Waals surface area contributed by atoms with Crippen LogP contribution in [0.25, 0.3) is 22.2 Å². The van der Waals surface area contributed by atoms with E-state index in [0.717, 1.165) is 53.2 Å². The molecule has 0 spiro atoms. The number of amides is 1. The smallest absolute Gasteiger partial charge is 0.251 e. The number of carbonyl (C=O) groups is 1. The molecule has 1 atom stereocenters. The van der Waals surface area contributed by atoms with Gasteiger partial charge in [-0.3, -0.25) is 9.89 Å². The molecule has 1 unspecified atom stereocenters. The Kier molecular flexibility index (Phi) is 7.50. The highest BCUT2D eigenvalue weighted by Crippen LogP contribution is 2.31. The molecule has 3 N–H and O–H groups in total. The zero-order valence-corrected chi connectivity index (χ0v) is 20.5. The summed E-state index contributed by atoms with van der Waals surface area (Å²) in [7, 11) is 0. The van der Waals surface area contributed by atoms with Gasteiger partial charge in [-0.05, 0) is 62.5 Å². The Labute approximate surface area is 205 Å². The van der Waals surface area contributed by atoms with Crippen LogP contribution in [0.3, 0.4) is 0 Å². The van der Waals surface area contributed by atoms with E-state index in [0.29, 0.717) is 10.6 Å². The molecule has 176 valence electrons. The van der Waals surface area contributed by atoms with Crippen LogP contribution in [0.1, 0.15) is 31.1 Å². The Morgan fingerprint density at radius 1 is 1.06 bits per heavy atom. The number of nitrogens with one attached hydrogen (secondary N) is 3. The molecular formula is C27H30ClN5O. The van der Waals surface area contributed by atoms with Gasteiger partial charge in [-0.2, -0.15) is 5.10 Å². The molecule has 0 saturated carbocycles. The maximum absolute atomic E-state index is 12.9. The second-order valence-electron chi connectivity index (χ2n) is 8.38. The van der Waals surface area contributed by atoms with Crippen LogP contribution in [0.4, 0.5) is 11.4 Å². The van der Waals surface area contributed by atoms with E-state index < -0.39 is 0 Å². The van der Waals surface area contributed by atoms with Crippen molar-refractivity contribution in [3.63, 3.8) is 0 Å². The van der Waals surface area contributed by atoms with Crippen LogP contribution in [0.2, 0.25) is 5.02 Å². The number of halogens is 1. The van der Waals surface area contributed by atoms with Gasteiger partial charge >= 0.3 is 0 Å². The predicted octanol–water partition coefficient (Wildman–Crippen LogP) is 6.09. The highest BCUT2D eigenvalue weighted by Gasteiger charge is 2.15. The molecular weight excluding hydrogens is 446 g/mol. The monoisotopic (exact) mass is 475 g/mol. The average molecular weight is 476 g/mol. The lowest BCUT2D eigenvalue weighted by molar-refractivity contribution is 0.0930. The molecule has 6 nitrogen and oxygen atoms in total. The van der Waals surface area contributed by atoms with Gasteiger partial charge in [0.25, 0.3) is 5.91 Å². The van der Waals surface area contributed by atoms with E-state index in [9.17, 15) is 4.79 Å². The van der Waals surface area contributed by atoms with E-state index in [1.165, 1.54) is 0 Å². The Morgan fingerprint density at radius 3 is 2.62 bits per heavy atom. The van der Waals surface area contributed by atoms with Crippen LogP contribution in [0, 0.1) is 0 Å². The van der Waals surface area contributed by atoms with E-state index in [2.05, 4.69) is 39.6 Å². The van der Waals surface area contributed by atoms with Gasteiger partial charge in [0.05, 0.1) is 21.9 Å². The van der Waals surface area contributed by atoms with Crippen molar-refractivity contribution in [1.82, 2.24) is 20.4 Å². The third-order valence-electron chi connectivity index (χ3n) is 5.92. The summed E-state index contributed by atoms with van der Waals surface area (Å²) < 4.78 is 0. The topological polar surface area (TPSA) is 73.0 Å². The van der Waals surface area contributed by atoms with Crippen molar-refractivity contribution in [2.75, 3.05) is 25.0 Å². The molecule has 7 heteroatoms. The Bertz CT molecular complexity index is 1280. The largest absolute Gasteiger partial charge is 0.354 e. The Balaban J connectivity index is 1.52. The zero-order chi connectivity index (χ0) is 24.1. The van der Waals surface area contributed by atoms with Crippen LogP contribution in [0.5, 0.6) is 0 Å². The number of benzene rings is 3. The van der Waals surface area contributed by atoms with Gasteiger partial charge in [0.15, 0.2) is 0 Å². The number of rotatable bonds is 9. The van der Waals surface area contributed by atoms with Gasteiger partial charge in [0, 0.05) is 34.8 Å². The van der Waals surface area contributed by atoms with Crippen molar-refractivity contribution < 1.29 is 4.79 Å². The van der Waals surface area contributed by atoms with Crippen LogP contribution in [0.15, 0.2) is 66.7 Å². The van der Waals surface area contributed by atoms with Crippen LogP contribution in [-0.4, -0.2) is 46.7 Å². The van der Waals surface area contributed by atoms with Gasteiger partial charge in [-0.1, -0.05) is 49.7 Å². The standard InChI is InChI=1S/C27H30ClN5O/c1-4-33(5-2)17-18(3)29-27(34)20-10-8-9-19(15-20)26-22-14-13-21(16-25(22)31-32-26)30-24-12-7-6-11-23(24)28/h6-16,18,30H,4-5,17H2,1-3H3,(H,29,34)(H,31,32). The van der Waals surface area contributed by atoms with Crippen molar-refractivity contribution in [3.05, 3.63) is 77.3 Å². The van der Waals surface area contributed by atoms with Crippen LogP contribution < -0.4 is 10.6 Å².